The van der Waals surface area contributed by atoms with Crippen molar-refractivity contribution in [3.05, 3.63) is 58.8 Å². The van der Waals surface area contributed by atoms with E-state index in [4.69, 9.17) is 9.47 Å². The summed E-state index contributed by atoms with van der Waals surface area (Å²) in [5, 5.41) is 0. The molecule has 180 valence electrons. The van der Waals surface area contributed by atoms with Gasteiger partial charge in [0.1, 0.15) is 5.75 Å². The van der Waals surface area contributed by atoms with Crippen molar-refractivity contribution < 1.29 is 19.1 Å². The summed E-state index contributed by atoms with van der Waals surface area (Å²) in [5.41, 5.74) is 3.62. The highest BCUT2D eigenvalue weighted by Gasteiger charge is 2.38. The second-order valence-electron chi connectivity index (χ2n) is 8.86. The topological polar surface area (TPSA) is 59.1 Å². The Bertz CT molecular complexity index is 1110. The van der Waals surface area contributed by atoms with E-state index in [2.05, 4.69) is 37.5 Å². The summed E-state index contributed by atoms with van der Waals surface area (Å²) in [6.45, 7) is 12.3. The van der Waals surface area contributed by atoms with E-state index in [0.29, 0.717) is 22.4 Å². The number of ether oxygens (including phenoxy) is 2. The zero-order valence-electron chi connectivity index (χ0n) is 20.6. The number of hydrogen-bond donors (Lipinski definition) is 0. The minimum Gasteiger partial charge on any atom is -0.448 e. The van der Waals surface area contributed by atoms with Crippen molar-refractivity contribution >= 4 is 28.9 Å². The van der Waals surface area contributed by atoms with E-state index < -0.39 is 5.97 Å². The van der Waals surface area contributed by atoms with Crippen LogP contribution in [0.3, 0.4) is 0 Å². The molecule has 0 saturated heterocycles. The molecule has 0 spiro atoms. The molecule has 6 heteroatoms. The zero-order chi connectivity index (χ0) is 24.2. The number of esters is 1. The maximum Gasteiger partial charge on any atom is 0.344 e. The van der Waals surface area contributed by atoms with Gasteiger partial charge >= 0.3 is 5.97 Å². The molecule has 0 unspecified atom stereocenters. The van der Waals surface area contributed by atoms with Crippen LogP contribution in [-0.4, -0.2) is 37.9 Å². The smallest absolute Gasteiger partial charge is 0.344 e. The molecule has 34 heavy (non-hydrogen) atoms. The number of allylic oxidation sites excluding steroid dienone is 1. The number of ketones is 1. The van der Waals surface area contributed by atoms with Crippen molar-refractivity contribution in [3.8, 4) is 5.75 Å². The summed E-state index contributed by atoms with van der Waals surface area (Å²) in [4.78, 5) is 30.4. The normalized spacial score (nSPS) is 16.2. The first-order valence-electron chi connectivity index (χ1n) is 12.5. The lowest BCUT2D eigenvalue weighted by Gasteiger charge is -2.24. The molecule has 6 nitrogen and oxygen atoms in total. The first kappa shape index (κ1) is 23.9. The molecule has 0 bridgehead atoms. The first-order chi connectivity index (χ1) is 16.5. The fourth-order valence-electron chi connectivity index (χ4n) is 4.69. The van der Waals surface area contributed by atoms with Crippen LogP contribution in [0.4, 0.5) is 11.4 Å². The molecular formula is C28H34N2O4. The van der Waals surface area contributed by atoms with Crippen molar-refractivity contribution in [2.75, 3.05) is 36.0 Å². The van der Waals surface area contributed by atoms with Gasteiger partial charge < -0.3 is 19.3 Å². The number of hydrogen-bond acceptors (Lipinski definition) is 6. The third-order valence-electron chi connectivity index (χ3n) is 6.20. The van der Waals surface area contributed by atoms with Crippen LogP contribution in [0.1, 0.15) is 79.7 Å². The molecule has 0 amide bonds. The van der Waals surface area contributed by atoms with Gasteiger partial charge in [-0.3, -0.25) is 4.79 Å². The summed E-state index contributed by atoms with van der Waals surface area (Å²) in [7, 11) is 0. The van der Waals surface area contributed by atoms with Gasteiger partial charge in [-0.2, -0.15) is 0 Å². The van der Waals surface area contributed by atoms with E-state index in [1.54, 1.807) is 6.07 Å². The monoisotopic (exact) mass is 462 g/mol. The van der Waals surface area contributed by atoms with Gasteiger partial charge in [0.25, 0.3) is 0 Å². The Morgan fingerprint density at radius 1 is 0.618 bits per heavy atom. The minimum atomic E-state index is -0.452. The number of Topliss-reactive ketones (excluding diaryl/α,β-unsaturated/α-hetero) is 1. The molecule has 2 aliphatic rings. The largest absolute Gasteiger partial charge is 0.448 e. The van der Waals surface area contributed by atoms with Crippen LogP contribution in [0.25, 0.3) is 5.76 Å². The van der Waals surface area contributed by atoms with E-state index in [9.17, 15) is 9.59 Å². The van der Waals surface area contributed by atoms with Crippen molar-refractivity contribution in [2.45, 2.75) is 53.4 Å². The van der Waals surface area contributed by atoms with Gasteiger partial charge in [-0.25, -0.2) is 4.79 Å². The molecule has 0 fully saturated rings. The van der Waals surface area contributed by atoms with Crippen LogP contribution in [0.15, 0.2) is 42.2 Å². The van der Waals surface area contributed by atoms with E-state index in [0.717, 1.165) is 63.2 Å². The Kier molecular flexibility index (Phi) is 7.25. The Morgan fingerprint density at radius 3 is 1.71 bits per heavy atom. The van der Waals surface area contributed by atoms with E-state index in [-0.39, 0.29) is 17.3 Å². The fraction of sp³-hybridized carbons (Fsp3) is 0.429. The van der Waals surface area contributed by atoms with Crippen molar-refractivity contribution in [1.82, 2.24) is 0 Å². The summed E-state index contributed by atoms with van der Waals surface area (Å²) in [5.74, 6) is 0.121. The van der Waals surface area contributed by atoms with E-state index in [1.807, 2.05) is 30.3 Å². The molecule has 2 aromatic carbocycles. The number of carbonyl (C=O) groups is 2. The second-order valence-corrected chi connectivity index (χ2v) is 8.86. The lowest BCUT2D eigenvalue weighted by Crippen LogP contribution is -2.24. The highest BCUT2D eigenvalue weighted by molar-refractivity contribution is 6.18. The van der Waals surface area contributed by atoms with Gasteiger partial charge in [0.2, 0.25) is 11.5 Å². The van der Waals surface area contributed by atoms with Gasteiger partial charge in [-0.05, 0) is 56.0 Å². The standard InChI is InChI=1S/C28H34N2O4/c1-5-13-29(14-6-2)19-9-11-21-23(17-19)26(34-28(21)32)27-25(31)22-12-10-20(18-24(22)33-27)30(15-7-3)16-8-4/h9-12,17-18H,5-8,13-16H2,1-4H3/b27-26+. The Labute approximate surface area is 202 Å². The lowest BCUT2D eigenvalue weighted by atomic mass is 10.0. The molecule has 2 aliphatic heterocycles. The molecule has 0 radical (unpaired) electrons. The summed E-state index contributed by atoms with van der Waals surface area (Å²) >= 11 is 0. The number of carbonyl (C=O) groups excluding carboxylic acids is 2. The number of fused-ring (bicyclic) bond motifs is 2. The van der Waals surface area contributed by atoms with Crippen LogP contribution in [0, 0.1) is 0 Å². The molecular weight excluding hydrogens is 428 g/mol. The molecule has 0 N–H and O–H groups in total. The number of rotatable bonds is 10. The third kappa shape index (κ3) is 4.41. The van der Waals surface area contributed by atoms with Gasteiger partial charge in [0.05, 0.1) is 11.1 Å². The summed E-state index contributed by atoms with van der Waals surface area (Å²) in [6, 6.07) is 11.4. The average molecular weight is 463 g/mol. The second kappa shape index (κ2) is 10.3. The third-order valence-corrected chi connectivity index (χ3v) is 6.20. The quantitative estimate of drug-likeness (QED) is 0.316. The predicted octanol–water partition coefficient (Wildman–Crippen LogP) is 6.05. The van der Waals surface area contributed by atoms with E-state index in [1.165, 1.54) is 0 Å². The van der Waals surface area contributed by atoms with Crippen molar-refractivity contribution in [1.29, 1.82) is 0 Å². The summed E-state index contributed by atoms with van der Waals surface area (Å²) in [6.07, 6.45) is 4.11. The SMILES string of the molecule is CCCN(CCC)c1ccc2c(c1)O/C(=C1/OC(=O)c3ccc(N(CCC)CCC)cc31)C2=O. The van der Waals surface area contributed by atoms with Gasteiger partial charge in [-0.1, -0.05) is 27.7 Å². The number of benzene rings is 2. The van der Waals surface area contributed by atoms with Crippen LogP contribution in [0.2, 0.25) is 0 Å². The van der Waals surface area contributed by atoms with E-state index >= 15 is 0 Å². The zero-order valence-corrected chi connectivity index (χ0v) is 20.6. The molecule has 0 saturated carbocycles. The molecule has 4 rings (SSSR count). The van der Waals surface area contributed by atoms with Crippen LogP contribution in [-0.2, 0) is 4.74 Å². The van der Waals surface area contributed by atoms with Gasteiger partial charge in [0.15, 0.2) is 5.76 Å². The van der Waals surface area contributed by atoms with Crippen LogP contribution >= 0.6 is 0 Å². The Balaban J connectivity index is 1.71. The highest BCUT2D eigenvalue weighted by Crippen LogP contribution is 2.41. The number of cyclic esters (lactones) is 1. The Morgan fingerprint density at radius 2 is 1.15 bits per heavy atom. The van der Waals surface area contributed by atoms with Gasteiger partial charge in [0, 0.05) is 49.2 Å². The lowest BCUT2D eigenvalue weighted by molar-refractivity contribution is 0.0710. The number of anilines is 2. The predicted molar refractivity (Wildman–Crippen MR) is 136 cm³/mol. The number of nitrogens with zero attached hydrogens (tertiary/aromatic N) is 2. The molecule has 0 aromatic heterocycles. The average Bonchev–Trinajstić information content (AvgIpc) is 3.34. The molecule has 0 aliphatic carbocycles. The maximum atomic E-state index is 13.3. The molecule has 2 heterocycles. The first-order valence-corrected chi connectivity index (χ1v) is 12.5. The Hall–Kier alpha value is -3.28. The highest BCUT2D eigenvalue weighted by atomic mass is 16.6. The van der Waals surface area contributed by atoms with Gasteiger partial charge in [-0.15, -0.1) is 0 Å². The van der Waals surface area contributed by atoms with Crippen molar-refractivity contribution in [2.24, 2.45) is 0 Å². The molecule has 0 atom stereocenters. The van der Waals surface area contributed by atoms with Crippen molar-refractivity contribution in [3.63, 3.8) is 0 Å². The van der Waals surface area contributed by atoms with Crippen LogP contribution < -0.4 is 14.5 Å². The van der Waals surface area contributed by atoms with Crippen LogP contribution in [0.5, 0.6) is 5.75 Å². The minimum absolute atomic E-state index is 0.0893. The molecule has 2 aromatic rings. The maximum absolute atomic E-state index is 13.3. The fourth-order valence-corrected chi connectivity index (χ4v) is 4.69. The summed E-state index contributed by atoms with van der Waals surface area (Å²) < 4.78 is 11.7.